The van der Waals surface area contributed by atoms with E-state index in [0.29, 0.717) is 0 Å². The first-order valence-electron chi connectivity index (χ1n) is 7.00. The number of hydrogen-bond donors (Lipinski definition) is 2. The summed E-state index contributed by atoms with van der Waals surface area (Å²) in [4.78, 5) is 22.8. The Kier molecular flexibility index (Phi) is 4.59. The Labute approximate surface area is 127 Å². The number of aromatic carboxylic acids is 1. The second-order valence-electron chi connectivity index (χ2n) is 4.99. The molecular formula is C14H19N5O3. The smallest absolute Gasteiger partial charge is 0.356 e. The second kappa shape index (κ2) is 6.42. The lowest BCUT2D eigenvalue weighted by Crippen LogP contribution is -2.30. The Morgan fingerprint density at radius 3 is 2.73 bits per heavy atom. The largest absolute Gasteiger partial charge is 0.476 e. The molecule has 1 atom stereocenters. The maximum Gasteiger partial charge on any atom is 0.356 e. The number of carboxylic acids is 1. The first-order chi connectivity index (χ1) is 10.4. The number of rotatable bonds is 6. The molecule has 8 nitrogen and oxygen atoms in total. The Morgan fingerprint density at radius 1 is 1.45 bits per heavy atom. The minimum atomic E-state index is -1.12. The molecule has 1 unspecified atom stereocenters. The summed E-state index contributed by atoms with van der Waals surface area (Å²) in [5, 5.41) is 19.7. The van der Waals surface area contributed by atoms with Crippen LogP contribution in [0.25, 0.3) is 0 Å². The van der Waals surface area contributed by atoms with Gasteiger partial charge in [0.2, 0.25) is 5.91 Å². The van der Waals surface area contributed by atoms with Crippen molar-refractivity contribution in [1.82, 2.24) is 24.9 Å². The zero-order chi connectivity index (χ0) is 16.3. The molecule has 2 heterocycles. The highest BCUT2D eigenvalue weighted by Crippen LogP contribution is 2.16. The molecule has 0 bridgehead atoms. The van der Waals surface area contributed by atoms with Crippen LogP contribution < -0.4 is 5.32 Å². The van der Waals surface area contributed by atoms with E-state index in [4.69, 9.17) is 5.11 Å². The first kappa shape index (κ1) is 15.7. The van der Waals surface area contributed by atoms with E-state index in [1.165, 1.54) is 16.9 Å². The fraction of sp³-hybridized carbons (Fsp3) is 0.429. The molecule has 2 rings (SSSR count). The minimum absolute atomic E-state index is 0.0292. The normalized spacial score (nSPS) is 12.1. The summed E-state index contributed by atoms with van der Waals surface area (Å²) in [6.45, 7) is 6.59. The summed E-state index contributed by atoms with van der Waals surface area (Å²) in [5.74, 6) is -1.36. The minimum Gasteiger partial charge on any atom is -0.476 e. The van der Waals surface area contributed by atoms with E-state index < -0.39 is 5.97 Å². The Balaban J connectivity index is 1.98. The maximum atomic E-state index is 12.0. The quantitative estimate of drug-likeness (QED) is 0.828. The van der Waals surface area contributed by atoms with Gasteiger partial charge in [0, 0.05) is 24.0 Å². The Hall–Kier alpha value is -2.64. The van der Waals surface area contributed by atoms with Crippen molar-refractivity contribution >= 4 is 11.9 Å². The third-order valence-corrected chi connectivity index (χ3v) is 3.45. The lowest BCUT2D eigenvalue weighted by molar-refractivity contribution is -0.122. The Morgan fingerprint density at radius 2 is 2.18 bits per heavy atom. The van der Waals surface area contributed by atoms with E-state index in [0.717, 1.165) is 17.8 Å². The van der Waals surface area contributed by atoms with Crippen molar-refractivity contribution in [2.24, 2.45) is 0 Å². The highest BCUT2D eigenvalue weighted by Gasteiger charge is 2.16. The van der Waals surface area contributed by atoms with Gasteiger partial charge in [-0.1, -0.05) is 0 Å². The molecule has 1 amide bonds. The van der Waals surface area contributed by atoms with Gasteiger partial charge in [0.05, 0.1) is 12.2 Å². The van der Waals surface area contributed by atoms with Gasteiger partial charge in [-0.05, 0) is 26.8 Å². The number of carboxylic acid groups (broad SMARTS) is 1. The van der Waals surface area contributed by atoms with Crippen LogP contribution in [0.4, 0.5) is 0 Å². The summed E-state index contributed by atoms with van der Waals surface area (Å²) < 4.78 is 3.17. The van der Waals surface area contributed by atoms with Crippen LogP contribution in [-0.2, 0) is 17.9 Å². The van der Waals surface area contributed by atoms with Gasteiger partial charge < -0.3 is 10.4 Å². The molecule has 2 aromatic rings. The van der Waals surface area contributed by atoms with Gasteiger partial charge in [0.15, 0.2) is 5.69 Å². The SMILES string of the molecule is CCn1ncc(C(C)NC(=O)Cn2ccc(C(=O)O)n2)c1C. The van der Waals surface area contributed by atoms with E-state index in [1.807, 2.05) is 25.5 Å². The third-order valence-electron chi connectivity index (χ3n) is 3.45. The van der Waals surface area contributed by atoms with E-state index in [9.17, 15) is 9.59 Å². The first-order valence-corrected chi connectivity index (χ1v) is 7.00. The molecule has 2 aromatic heterocycles. The fourth-order valence-corrected chi connectivity index (χ4v) is 2.28. The summed E-state index contributed by atoms with van der Waals surface area (Å²) in [6.07, 6.45) is 3.22. The molecule has 8 heteroatoms. The third kappa shape index (κ3) is 3.33. The lowest BCUT2D eigenvalue weighted by Gasteiger charge is -2.14. The van der Waals surface area contributed by atoms with Gasteiger partial charge in [-0.15, -0.1) is 0 Å². The zero-order valence-corrected chi connectivity index (χ0v) is 12.8. The van der Waals surface area contributed by atoms with Gasteiger partial charge in [-0.25, -0.2) is 4.79 Å². The standard InChI is InChI=1S/C14H19N5O3/c1-4-19-10(3)11(7-15-19)9(2)16-13(20)8-18-6-5-12(17-18)14(21)22/h5-7,9H,4,8H2,1-3H3,(H,16,20)(H,21,22). The van der Waals surface area contributed by atoms with Crippen LogP contribution in [0.5, 0.6) is 0 Å². The summed E-state index contributed by atoms with van der Waals surface area (Å²) >= 11 is 0. The van der Waals surface area contributed by atoms with Crippen molar-refractivity contribution in [2.75, 3.05) is 0 Å². The maximum absolute atomic E-state index is 12.0. The van der Waals surface area contributed by atoms with Gasteiger partial charge in [-0.2, -0.15) is 10.2 Å². The molecule has 0 saturated heterocycles. The number of aromatic nitrogens is 4. The summed E-state index contributed by atoms with van der Waals surface area (Å²) in [7, 11) is 0. The number of amides is 1. The van der Waals surface area contributed by atoms with Crippen LogP contribution in [0.15, 0.2) is 18.5 Å². The van der Waals surface area contributed by atoms with Crippen LogP contribution >= 0.6 is 0 Å². The van der Waals surface area contributed by atoms with Crippen molar-refractivity contribution in [3.05, 3.63) is 35.4 Å². The number of hydrogen-bond acceptors (Lipinski definition) is 4. The molecule has 0 aromatic carbocycles. The molecule has 0 fully saturated rings. The molecule has 0 spiro atoms. The zero-order valence-electron chi connectivity index (χ0n) is 12.8. The number of nitrogens with zero attached hydrogens (tertiary/aromatic N) is 4. The van der Waals surface area contributed by atoms with E-state index in [1.54, 1.807) is 6.20 Å². The molecule has 0 radical (unpaired) electrons. The second-order valence-corrected chi connectivity index (χ2v) is 4.99. The van der Waals surface area contributed by atoms with E-state index in [-0.39, 0.29) is 24.2 Å². The van der Waals surface area contributed by atoms with E-state index >= 15 is 0 Å². The highest BCUT2D eigenvalue weighted by molar-refractivity contribution is 5.85. The van der Waals surface area contributed by atoms with Crippen LogP contribution in [0, 0.1) is 6.92 Å². The summed E-state index contributed by atoms with van der Waals surface area (Å²) in [6, 6.07) is 1.18. The number of nitrogens with one attached hydrogen (secondary N) is 1. The number of carbonyl (C=O) groups is 2. The molecule has 2 N–H and O–H groups in total. The van der Waals surface area contributed by atoms with Crippen LogP contribution in [0.2, 0.25) is 0 Å². The van der Waals surface area contributed by atoms with Crippen LogP contribution in [-0.4, -0.2) is 36.5 Å². The van der Waals surface area contributed by atoms with Crippen LogP contribution in [0.1, 0.15) is 41.6 Å². The molecule has 22 heavy (non-hydrogen) atoms. The van der Waals surface area contributed by atoms with Crippen molar-refractivity contribution < 1.29 is 14.7 Å². The summed E-state index contributed by atoms with van der Waals surface area (Å²) in [5.41, 5.74) is 1.89. The average Bonchev–Trinajstić information content (AvgIpc) is 3.05. The van der Waals surface area contributed by atoms with Gasteiger partial charge >= 0.3 is 5.97 Å². The molecular weight excluding hydrogens is 286 g/mol. The fourth-order valence-electron chi connectivity index (χ4n) is 2.28. The van der Waals surface area contributed by atoms with Crippen molar-refractivity contribution in [3.63, 3.8) is 0 Å². The lowest BCUT2D eigenvalue weighted by atomic mass is 10.1. The van der Waals surface area contributed by atoms with Crippen LogP contribution in [0.3, 0.4) is 0 Å². The van der Waals surface area contributed by atoms with E-state index in [2.05, 4.69) is 15.5 Å². The van der Waals surface area contributed by atoms with Gasteiger partial charge in [0.25, 0.3) is 0 Å². The topological polar surface area (TPSA) is 102 Å². The average molecular weight is 305 g/mol. The van der Waals surface area contributed by atoms with Crippen molar-refractivity contribution in [3.8, 4) is 0 Å². The molecule has 118 valence electrons. The molecule has 0 aliphatic heterocycles. The number of carbonyl (C=O) groups excluding carboxylic acids is 1. The monoisotopic (exact) mass is 305 g/mol. The predicted molar refractivity (Wildman–Crippen MR) is 78.4 cm³/mol. The Bertz CT molecular complexity index is 688. The predicted octanol–water partition coefficient (Wildman–Crippen LogP) is 0.984. The highest BCUT2D eigenvalue weighted by atomic mass is 16.4. The molecule has 0 aliphatic rings. The van der Waals surface area contributed by atoms with Gasteiger partial charge in [0.1, 0.15) is 6.54 Å². The van der Waals surface area contributed by atoms with Crippen molar-refractivity contribution in [2.45, 2.75) is 39.9 Å². The van der Waals surface area contributed by atoms with Gasteiger partial charge in [-0.3, -0.25) is 14.2 Å². The number of aryl methyl sites for hydroxylation is 1. The molecule has 0 aliphatic carbocycles. The molecule has 0 saturated carbocycles. The van der Waals surface area contributed by atoms with Crippen molar-refractivity contribution in [1.29, 1.82) is 0 Å².